The second kappa shape index (κ2) is 6.87. The summed E-state index contributed by atoms with van der Waals surface area (Å²) in [7, 11) is 1.67. The SMILES string of the molecule is CNC(c1cccc(F)c1F)C(C)Oc1cccc(Cl)c1. The number of likely N-dealkylation sites (N-methyl/N-ethyl adjacent to an activating group) is 1. The van der Waals surface area contributed by atoms with Crippen LogP contribution in [0.3, 0.4) is 0 Å². The van der Waals surface area contributed by atoms with Crippen LogP contribution >= 0.6 is 11.6 Å². The molecule has 0 aromatic heterocycles. The number of benzene rings is 2. The average Bonchev–Trinajstić information content (AvgIpc) is 2.44. The molecule has 5 heteroatoms. The highest BCUT2D eigenvalue weighted by molar-refractivity contribution is 6.30. The second-order valence-corrected chi connectivity index (χ2v) is 5.13. The van der Waals surface area contributed by atoms with Crippen LogP contribution in [0.15, 0.2) is 42.5 Å². The second-order valence-electron chi connectivity index (χ2n) is 4.69. The van der Waals surface area contributed by atoms with Crippen molar-refractivity contribution in [2.45, 2.75) is 19.1 Å². The minimum Gasteiger partial charge on any atom is -0.489 e. The molecule has 0 saturated heterocycles. The highest BCUT2D eigenvalue weighted by Crippen LogP contribution is 2.26. The van der Waals surface area contributed by atoms with Crippen molar-refractivity contribution >= 4 is 11.6 Å². The Balaban J connectivity index is 2.22. The third kappa shape index (κ3) is 3.71. The molecular weight excluding hydrogens is 296 g/mol. The number of hydrogen-bond donors (Lipinski definition) is 1. The lowest BCUT2D eigenvalue weighted by molar-refractivity contribution is 0.172. The summed E-state index contributed by atoms with van der Waals surface area (Å²) in [5, 5.41) is 3.51. The number of hydrogen-bond acceptors (Lipinski definition) is 2. The normalized spacial score (nSPS) is 13.8. The molecule has 2 aromatic rings. The lowest BCUT2D eigenvalue weighted by atomic mass is 10.0. The van der Waals surface area contributed by atoms with Crippen molar-refractivity contribution in [1.82, 2.24) is 5.32 Å². The number of ether oxygens (including phenoxy) is 1. The van der Waals surface area contributed by atoms with Gasteiger partial charge in [-0.05, 0) is 38.2 Å². The molecule has 0 radical (unpaired) electrons. The molecule has 0 heterocycles. The van der Waals surface area contributed by atoms with Crippen LogP contribution in [-0.4, -0.2) is 13.2 Å². The molecule has 1 N–H and O–H groups in total. The predicted molar refractivity (Wildman–Crippen MR) is 79.7 cm³/mol. The summed E-state index contributed by atoms with van der Waals surface area (Å²) in [5.41, 5.74) is 0.229. The average molecular weight is 312 g/mol. The van der Waals surface area contributed by atoms with Crippen molar-refractivity contribution in [3.63, 3.8) is 0 Å². The molecular formula is C16H16ClF2NO. The summed E-state index contributed by atoms with van der Waals surface area (Å²) in [6.45, 7) is 1.78. The first-order chi connectivity index (χ1) is 10.0. The van der Waals surface area contributed by atoms with Crippen LogP contribution < -0.4 is 10.1 Å². The number of rotatable bonds is 5. The third-order valence-corrected chi connectivity index (χ3v) is 3.45. The van der Waals surface area contributed by atoms with Gasteiger partial charge in [0.25, 0.3) is 0 Å². The van der Waals surface area contributed by atoms with Crippen LogP contribution in [0.25, 0.3) is 0 Å². The fourth-order valence-corrected chi connectivity index (χ4v) is 2.41. The molecule has 2 nitrogen and oxygen atoms in total. The molecule has 2 rings (SSSR count). The molecule has 2 aromatic carbocycles. The summed E-state index contributed by atoms with van der Waals surface area (Å²) in [5.74, 6) is -1.16. The maximum Gasteiger partial charge on any atom is 0.163 e. The zero-order valence-corrected chi connectivity index (χ0v) is 12.5. The van der Waals surface area contributed by atoms with E-state index in [2.05, 4.69) is 5.32 Å². The zero-order chi connectivity index (χ0) is 15.4. The Morgan fingerprint density at radius 3 is 2.52 bits per heavy atom. The number of nitrogens with one attached hydrogen (secondary N) is 1. The van der Waals surface area contributed by atoms with Crippen molar-refractivity contribution < 1.29 is 13.5 Å². The quantitative estimate of drug-likeness (QED) is 0.886. The van der Waals surface area contributed by atoms with Gasteiger partial charge >= 0.3 is 0 Å². The van der Waals surface area contributed by atoms with E-state index in [1.807, 2.05) is 0 Å². The molecule has 0 aliphatic rings. The van der Waals surface area contributed by atoms with Crippen LogP contribution in [0.4, 0.5) is 8.78 Å². The Bertz CT molecular complexity index is 621. The highest BCUT2D eigenvalue weighted by atomic mass is 35.5. The first kappa shape index (κ1) is 15.7. The van der Waals surface area contributed by atoms with E-state index in [1.165, 1.54) is 12.1 Å². The summed E-state index contributed by atoms with van der Waals surface area (Å²) >= 11 is 5.90. The molecule has 0 aliphatic heterocycles. The van der Waals surface area contributed by atoms with Gasteiger partial charge < -0.3 is 10.1 Å². The van der Waals surface area contributed by atoms with Crippen LogP contribution in [0.5, 0.6) is 5.75 Å². The van der Waals surface area contributed by atoms with Gasteiger partial charge in [-0.2, -0.15) is 0 Å². The molecule has 0 aliphatic carbocycles. The van der Waals surface area contributed by atoms with E-state index in [1.54, 1.807) is 38.2 Å². The number of halogens is 3. The Morgan fingerprint density at radius 1 is 1.14 bits per heavy atom. The molecule has 0 amide bonds. The van der Waals surface area contributed by atoms with E-state index in [0.717, 1.165) is 6.07 Å². The maximum absolute atomic E-state index is 13.9. The summed E-state index contributed by atoms with van der Waals surface area (Å²) in [6, 6.07) is 10.6. The topological polar surface area (TPSA) is 21.3 Å². The molecule has 2 unspecified atom stereocenters. The summed E-state index contributed by atoms with van der Waals surface area (Å²) in [4.78, 5) is 0. The van der Waals surface area contributed by atoms with E-state index in [4.69, 9.17) is 16.3 Å². The lowest BCUT2D eigenvalue weighted by Gasteiger charge is -2.25. The molecule has 2 atom stereocenters. The Morgan fingerprint density at radius 2 is 1.86 bits per heavy atom. The Labute approximate surface area is 127 Å². The smallest absolute Gasteiger partial charge is 0.163 e. The van der Waals surface area contributed by atoms with E-state index in [-0.39, 0.29) is 5.56 Å². The van der Waals surface area contributed by atoms with Gasteiger partial charge in [-0.15, -0.1) is 0 Å². The van der Waals surface area contributed by atoms with Gasteiger partial charge in [0.15, 0.2) is 11.6 Å². The standard InChI is InChI=1S/C16H16ClF2NO/c1-10(21-12-6-3-5-11(17)9-12)16(20-2)13-7-4-8-14(18)15(13)19/h3-10,16,20H,1-2H3. The molecule has 0 saturated carbocycles. The Kier molecular flexibility index (Phi) is 5.15. The molecule has 0 bridgehead atoms. The van der Waals surface area contributed by atoms with Crippen molar-refractivity contribution in [1.29, 1.82) is 0 Å². The van der Waals surface area contributed by atoms with Gasteiger partial charge in [0.2, 0.25) is 0 Å². The van der Waals surface area contributed by atoms with Gasteiger partial charge in [-0.3, -0.25) is 0 Å². The monoisotopic (exact) mass is 311 g/mol. The lowest BCUT2D eigenvalue weighted by Crippen LogP contribution is -2.32. The van der Waals surface area contributed by atoms with Crippen LogP contribution in [0.1, 0.15) is 18.5 Å². The molecule has 21 heavy (non-hydrogen) atoms. The van der Waals surface area contributed by atoms with Crippen molar-refractivity contribution in [2.24, 2.45) is 0 Å². The Hall–Kier alpha value is -1.65. The van der Waals surface area contributed by atoms with Crippen LogP contribution in [-0.2, 0) is 0 Å². The van der Waals surface area contributed by atoms with Gasteiger partial charge in [0.1, 0.15) is 11.9 Å². The van der Waals surface area contributed by atoms with Gasteiger partial charge in [-0.1, -0.05) is 29.8 Å². The van der Waals surface area contributed by atoms with E-state index in [9.17, 15) is 8.78 Å². The van der Waals surface area contributed by atoms with E-state index in [0.29, 0.717) is 10.8 Å². The third-order valence-electron chi connectivity index (χ3n) is 3.22. The molecule has 0 spiro atoms. The summed E-state index contributed by atoms with van der Waals surface area (Å²) in [6.07, 6.45) is -0.412. The minimum atomic E-state index is -0.872. The maximum atomic E-state index is 13.9. The van der Waals surface area contributed by atoms with Gasteiger partial charge in [-0.25, -0.2) is 8.78 Å². The predicted octanol–water partition coefficient (Wildman–Crippen LogP) is 4.35. The van der Waals surface area contributed by atoms with E-state index >= 15 is 0 Å². The summed E-state index contributed by atoms with van der Waals surface area (Å²) < 4.78 is 33.0. The highest BCUT2D eigenvalue weighted by Gasteiger charge is 2.23. The largest absolute Gasteiger partial charge is 0.489 e. The van der Waals surface area contributed by atoms with E-state index < -0.39 is 23.8 Å². The van der Waals surface area contributed by atoms with Gasteiger partial charge in [0.05, 0.1) is 6.04 Å². The van der Waals surface area contributed by atoms with Crippen molar-refractivity contribution in [3.05, 3.63) is 64.7 Å². The minimum absolute atomic E-state index is 0.229. The fourth-order valence-electron chi connectivity index (χ4n) is 2.23. The van der Waals surface area contributed by atoms with Crippen LogP contribution in [0, 0.1) is 11.6 Å². The molecule has 0 fully saturated rings. The zero-order valence-electron chi connectivity index (χ0n) is 11.7. The van der Waals surface area contributed by atoms with Crippen molar-refractivity contribution in [3.8, 4) is 5.75 Å². The van der Waals surface area contributed by atoms with Crippen molar-refractivity contribution in [2.75, 3.05) is 7.05 Å². The first-order valence-corrected chi connectivity index (χ1v) is 6.94. The van der Waals surface area contributed by atoms with Gasteiger partial charge in [0, 0.05) is 10.6 Å². The van der Waals surface area contributed by atoms with Crippen LogP contribution in [0.2, 0.25) is 5.02 Å². The molecule has 112 valence electrons. The first-order valence-electron chi connectivity index (χ1n) is 6.56. The fraction of sp³-hybridized carbons (Fsp3) is 0.250.